The lowest BCUT2D eigenvalue weighted by Gasteiger charge is -2.36. The molecular weight excluding hydrogens is 304 g/mol. The van der Waals surface area contributed by atoms with Crippen LogP contribution in [0.15, 0.2) is 30.3 Å². The molecule has 0 spiro atoms. The molecule has 1 amide bonds. The van der Waals surface area contributed by atoms with Crippen LogP contribution in [0.1, 0.15) is 37.2 Å². The third-order valence-electron chi connectivity index (χ3n) is 5.04. The molecule has 2 N–H and O–H groups in total. The quantitative estimate of drug-likeness (QED) is 0.895. The number of nitrogens with zero attached hydrogens (tertiary/aromatic N) is 1. The van der Waals surface area contributed by atoms with Gasteiger partial charge in [-0.25, -0.2) is 0 Å². The normalized spacial score (nSPS) is 21.6. The van der Waals surface area contributed by atoms with E-state index in [-0.39, 0.29) is 17.9 Å². The molecule has 0 aromatic heterocycles. The number of ether oxygens (including phenoxy) is 2. The summed E-state index contributed by atoms with van der Waals surface area (Å²) in [5.74, 6) is -0.0904. The highest BCUT2D eigenvalue weighted by atomic mass is 16.5. The molecule has 1 unspecified atom stereocenters. The predicted octanol–water partition coefficient (Wildman–Crippen LogP) is 1.92. The second kappa shape index (κ2) is 8.60. The van der Waals surface area contributed by atoms with Crippen LogP contribution in [0, 0.1) is 0 Å². The first-order valence-corrected chi connectivity index (χ1v) is 9.05. The van der Waals surface area contributed by atoms with Gasteiger partial charge in [0.05, 0.1) is 18.1 Å². The minimum absolute atomic E-state index is 0.146. The van der Waals surface area contributed by atoms with Gasteiger partial charge in [-0.2, -0.15) is 0 Å². The van der Waals surface area contributed by atoms with E-state index in [4.69, 9.17) is 15.2 Å². The molecular formula is C19H28N2O3. The van der Waals surface area contributed by atoms with E-state index < -0.39 is 0 Å². The summed E-state index contributed by atoms with van der Waals surface area (Å²) in [6, 6.07) is 9.84. The van der Waals surface area contributed by atoms with E-state index in [1.54, 1.807) is 0 Å². The molecule has 0 aliphatic carbocycles. The maximum absolute atomic E-state index is 12.8. The number of hydrogen-bond acceptors (Lipinski definition) is 4. The Morgan fingerprint density at radius 2 is 1.75 bits per heavy atom. The molecule has 2 fully saturated rings. The van der Waals surface area contributed by atoms with Gasteiger partial charge in [-0.1, -0.05) is 30.3 Å². The van der Waals surface area contributed by atoms with Crippen molar-refractivity contribution in [3.63, 3.8) is 0 Å². The van der Waals surface area contributed by atoms with Crippen LogP contribution in [-0.2, 0) is 14.3 Å². The molecule has 5 nitrogen and oxygen atoms in total. The van der Waals surface area contributed by atoms with Crippen LogP contribution in [0.3, 0.4) is 0 Å². The topological polar surface area (TPSA) is 64.8 Å². The highest BCUT2D eigenvalue weighted by Gasteiger charge is 2.30. The number of benzene rings is 1. The Kier molecular flexibility index (Phi) is 6.24. The molecule has 0 bridgehead atoms. The van der Waals surface area contributed by atoms with Gasteiger partial charge in [0.25, 0.3) is 0 Å². The number of hydrogen-bond donors (Lipinski definition) is 1. The van der Waals surface area contributed by atoms with E-state index in [1.165, 1.54) is 0 Å². The summed E-state index contributed by atoms with van der Waals surface area (Å²) in [7, 11) is 0. The Hall–Kier alpha value is -1.43. The SMILES string of the molecule is NCC(C(=O)N1CCC(OC2CCOCC2)CC1)c1ccccc1. The molecule has 0 radical (unpaired) electrons. The minimum atomic E-state index is -0.237. The van der Waals surface area contributed by atoms with Gasteiger partial charge in [-0.3, -0.25) is 4.79 Å². The number of amides is 1. The van der Waals surface area contributed by atoms with Crippen molar-refractivity contribution >= 4 is 5.91 Å². The third-order valence-corrected chi connectivity index (χ3v) is 5.04. The maximum atomic E-state index is 12.8. The standard InChI is InChI=1S/C19H28N2O3/c20-14-18(15-4-2-1-3-5-15)19(22)21-10-6-16(7-11-21)24-17-8-12-23-13-9-17/h1-5,16-18H,6-14,20H2. The summed E-state index contributed by atoms with van der Waals surface area (Å²) in [6.07, 6.45) is 4.40. The fraction of sp³-hybridized carbons (Fsp3) is 0.632. The summed E-state index contributed by atoms with van der Waals surface area (Å²) in [5.41, 5.74) is 6.88. The fourth-order valence-electron chi connectivity index (χ4n) is 3.58. The van der Waals surface area contributed by atoms with Crippen molar-refractivity contribution in [1.29, 1.82) is 0 Å². The molecule has 2 aliphatic rings. The lowest BCUT2D eigenvalue weighted by atomic mass is 9.96. The molecule has 0 saturated carbocycles. The number of nitrogens with two attached hydrogens (primary N) is 1. The van der Waals surface area contributed by atoms with Crippen LogP contribution < -0.4 is 5.73 Å². The summed E-state index contributed by atoms with van der Waals surface area (Å²) in [6.45, 7) is 3.47. The Balaban J connectivity index is 1.51. The molecule has 1 aromatic carbocycles. The van der Waals surface area contributed by atoms with Crippen LogP contribution >= 0.6 is 0 Å². The van der Waals surface area contributed by atoms with Crippen molar-refractivity contribution in [3.05, 3.63) is 35.9 Å². The predicted molar refractivity (Wildman–Crippen MR) is 92.8 cm³/mol. The zero-order valence-electron chi connectivity index (χ0n) is 14.2. The van der Waals surface area contributed by atoms with E-state index in [0.717, 1.165) is 57.6 Å². The summed E-state index contributed by atoms with van der Waals surface area (Å²) in [4.78, 5) is 14.8. The van der Waals surface area contributed by atoms with Gasteiger partial charge in [-0.05, 0) is 31.2 Å². The van der Waals surface area contributed by atoms with Gasteiger partial charge in [-0.15, -0.1) is 0 Å². The first kappa shape index (κ1) is 17.4. The van der Waals surface area contributed by atoms with Crippen LogP contribution in [0.4, 0.5) is 0 Å². The van der Waals surface area contributed by atoms with E-state index in [2.05, 4.69) is 0 Å². The van der Waals surface area contributed by atoms with E-state index in [9.17, 15) is 4.79 Å². The van der Waals surface area contributed by atoms with Gasteiger partial charge >= 0.3 is 0 Å². The van der Waals surface area contributed by atoms with Crippen LogP contribution in [0.2, 0.25) is 0 Å². The lowest BCUT2D eigenvalue weighted by Crippen LogP contribution is -2.45. The van der Waals surface area contributed by atoms with Gasteiger partial charge < -0.3 is 20.1 Å². The van der Waals surface area contributed by atoms with Gasteiger partial charge in [0.2, 0.25) is 5.91 Å². The average Bonchev–Trinajstić information content (AvgIpc) is 2.65. The van der Waals surface area contributed by atoms with Crippen molar-refractivity contribution in [2.75, 3.05) is 32.8 Å². The highest BCUT2D eigenvalue weighted by molar-refractivity contribution is 5.84. The number of rotatable bonds is 5. The number of likely N-dealkylation sites (tertiary alicyclic amines) is 1. The largest absolute Gasteiger partial charge is 0.381 e. The Labute approximate surface area is 144 Å². The molecule has 2 aliphatic heterocycles. The molecule has 2 heterocycles. The number of carbonyl (C=O) groups excluding carboxylic acids is 1. The summed E-state index contributed by atoms with van der Waals surface area (Å²) < 4.78 is 11.6. The second-order valence-corrected chi connectivity index (χ2v) is 6.67. The first-order chi connectivity index (χ1) is 11.8. The van der Waals surface area contributed by atoms with Gasteiger partial charge in [0, 0.05) is 32.8 Å². The van der Waals surface area contributed by atoms with Crippen molar-refractivity contribution in [2.24, 2.45) is 5.73 Å². The molecule has 5 heteroatoms. The average molecular weight is 332 g/mol. The molecule has 1 atom stereocenters. The lowest BCUT2D eigenvalue weighted by molar-refractivity contribution is -0.137. The second-order valence-electron chi connectivity index (χ2n) is 6.67. The van der Waals surface area contributed by atoms with Crippen molar-refractivity contribution in [2.45, 2.75) is 43.8 Å². The van der Waals surface area contributed by atoms with Crippen LogP contribution in [-0.4, -0.2) is 55.9 Å². The molecule has 3 rings (SSSR count). The zero-order chi connectivity index (χ0) is 16.8. The van der Waals surface area contributed by atoms with E-state index >= 15 is 0 Å². The molecule has 132 valence electrons. The van der Waals surface area contributed by atoms with E-state index in [0.29, 0.717) is 12.6 Å². The third kappa shape index (κ3) is 4.35. The fourth-order valence-corrected chi connectivity index (χ4v) is 3.58. The van der Waals surface area contributed by atoms with Crippen molar-refractivity contribution in [1.82, 2.24) is 4.90 Å². The zero-order valence-corrected chi connectivity index (χ0v) is 14.2. The molecule has 1 aromatic rings. The minimum Gasteiger partial charge on any atom is -0.381 e. The van der Waals surface area contributed by atoms with Gasteiger partial charge in [0.1, 0.15) is 0 Å². The Morgan fingerprint density at radius 3 is 2.38 bits per heavy atom. The maximum Gasteiger partial charge on any atom is 0.231 e. The Morgan fingerprint density at radius 1 is 1.12 bits per heavy atom. The van der Waals surface area contributed by atoms with Crippen molar-refractivity contribution in [3.8, 4) is 0 Å². The summed E-state index contributed by atoms with van der Waals surface area (Å²) >= 11 is 0. The molecule has 2 saturated heterocycles. The highest BCUT2D eigenvalue weighted by Crippen LogP contribution is 2.23. The first-order valence-electron chi connectivity index (χ1n) is 9.05. The van der Waals surface area contributed by atoms with E-state index in [1.807, 2.05) is 35.2 Å². The van der Waals surface area contributed by atoms with Crippen molar-refractivity contribution < 1.29 is 14.3 Å². The Bertz CT molecular complexity index is 509. The summed E-state index contributed by atoms with van der Waals surface area (Å²) in [5, 5.41) is 0. The van der Waals surface area contributed by atoms with Crippen LogP contribution in [0.5, 0.6) is 0 Å². The smallest absolute Gasteiger partial charge is 0.231 e. The van der Waals surface area contributed by atoms with Crippen LogP contribution in [0.25, 0.3) is 0 Å². The molecule has 24 heavy (non-hydrogen) atoms. The number of carbonyl (C=O) groups is 1. The monoisotopic (exact) mass is 332 g/mol. The number of piperidine rings is 1. The van der Waals surface area contributed by atoms with Gasteiger partial charge in [0.15, 0.2) is 0 Å².